The molecule has 1 aliphatic heterocycles. The van der Waals surface area contributed by atoms with Crippen molar-refractivity contribution < 1.29 is 9.59 Å². The van der Waals surface area contributed by atoms with Crippen LogP contribution in [0.1, 0.15) is 76.1 Å². The molecule has 0 spiro atoms. The number of rotatable bonds is 6. The summed E-state index contributed by atoms with van der Waals surface area (Å²) in [4.78, 5) is 30.1. The summed E-state index contributed by atoms with van der Waals surface area (Å²) in [6.45, 7) is 9.47. The number of anilines is 1. The first-order chi connectivity index (χ1) is 13.4. The summed E-state index contributed by atoms with van der Waals surface area (Å²) in [5.74, 6) is -0.0834. The van der Waals surface area contributed by atoms with E-state index in [0.29, 0.717) is 18.1 Å². The maximum absolute atomic E-state index is 13.1. The van der Waals surface area contributed by atoms with Crippen LogP contribution in [0.25, 0.3) is 0 Å². The number of benzene rings is 1. The lowest BCUT2D eigenvalue weighted by molar-refractivity contribution is 0.0937. The van der Waals surface area contributed by atoms with Gasteiger partial charge < -0.3 is 15.2 Å². The largest absolute Gasteiger partial charge is 0.349 e. The monoisotopic (exact) mass is 382 g/mol. The van der Waals surface area contributed by atoms with Gasteiger partial charge in [0.1, 0.15) is 0 Å². The Morgan fingerprint density at radius 3 is 2.50 bits per heavy atom. The number of amides is 2. The highest BCUT2D eigenvalue weighted by Gasteiger charge is 2.27. The van der Waals surface area contributed by atoms with Gasteiger partial charge in [-0.05, 0) is 57.6 Å². The van der Waals surface area contributed by atoms with Crippen molar-refractivity contribution in [2.75, 3.05) is 11.9 Å². The molecule has 0 atom stereocenters. The Kier molecular flexibility index (Phi) is 6.17. The van der Waals surface area contributed by atoms with Gasteiger partial charge in [0.25, 0.3) is 11.8 Å². The number of nitrogens with zero attached hydrogens (tertiary/aromatic N) is 2. The molecule has 0 radical (unpaired) electrons. The molecule has 1 aromatic carbocycles. The van der Waals surface area contributed by atoms with Gasteiger partial charge in [-0.1, -0.05) is 31.0 Å². The predicted octanol–water partition coefficient (Wildman–Crippen LogP) is 3.93. The minimum absolute atomic E-state index is 0.196. The lowest BCUT2D eigenvalue weighted by Crippen LogP contribution is -2.28. The molecular formula is C22H30N4O2. The highest BCUT2D eigenvalue weighted by Crippen LogP contribution is 2.25. The normalized spacial score (nSPS) is 13.1. The van der Waals surface area contributed by atoms with E-state index in [9.17, 15) is 9.59 Å². The molecule has 2 amide bonds. The van der Waals surface area contributed by atoms with Crippen LogP contribution in [0.2, 0.25) is 0 Å². The average Bonchev–Trinajstić information content (AvgIpc) is 3.04. The van der Waals surface area contributed by atoms with Crippen molar-refractivity contribution in [3.8, 4) is 0 Å². The lowest BCUT2D eigenvalue weighted by Gasteiger charge is -2.17. The molecule has 6 nitrogen and oxygen atoms in total. The molecule has 0 fully saturated rings. The van der Waals surface area contributed by atoms with Crippen LogP contribution in [0, 0.1) is 20.8 Å². The zero-order chi connectivity index (χ0) is 20.3. The molecule has 0 unspecified atom stereocenters. The van der Waals surface area contributed by atoms with E-state index in [1.54, 1.807) is 0 Å². The second-order valence-electron chi connectivity index (χ2n) is 7.68. The number of hydrogen-bond donors (Lipinski definition) is 2. The molecule has 2 aromatic rings. The topological polar surface area (TPSA) is 76.0 Å². The van der Waals surface area contributed by atoms with E-state index >= 15 is 0 Å². The van der Waals surface area contributed by atoms with Gasteiger partial charge in [0.2, 0.25) is 0 Å². The fourth-order valence-electron chi connectivity index (χ4n) is 3.91. The van der Waals surface area contributed by atoms with Gasteiger partial charge in [-0.25, -0.2) is 4.98 Å². The third-order valence-corrected chi connectivity index (χ3v) is 5.27. The van der Waals surface area contributed by atoms with Crippen molar-refractivity contribution in [1.82, 2.24) is 14.9 Å². The second-order valence-corrected chi connectivity index (χ2v) is 7.68. The van der Waals surface area contributed by atoms with E-state index in [1.807, 2.05) is 25.3 Å². The first-order valence-corrected chi connectivity index (χ1v) is 10.2. The van der Waals surface area contributed by atoms with E-state index in [0.717, 1.165) is 61.2 Å². The van der Waals surface area contributed by atoms with Gasteiger partial charge in [0.15, 0.2) is 11.5 Å². The Morgan fingerprint density at radius 2 is 1.82 bits per heavy atom. The summed E-state index contributed by atoms with van der Waals surface area (Å²) in [7, 11) is 0. The van der Waals surface area contributed by atoms with Crippen LogP contribution in [-0.2, 0) is 13.0 Å². The fourth-order valence-corrected chi connectivity index (χ4v) is 3.91. The van der Waals surface area contributed by atoms with Gasteiger partial charge in [0, 0.05) is 18.8 Å². The summed E-state index contributed by atoms with van der Waals surface area (Å²) < 4.78 is 1.93. The molecule has 2 N–H and O–H groups in total. The smallest absolute Gasteiger partial charge is 0.287 e. The van der Waals surface area contributed by atoms with E-state index in [4.69, 9.17) is 0 Å². The quantitative estimate of drug-likeness (QED) is 0.743. The van der Waals surface area contributed by atoms with E-state index in [-0.39, 0.29) is 11.8 Å². The Balaban J connectivity index is 1.89. The highest BCUT2D eigenvalue weighted by molar-refractivity contribution is 6.05. The molecule has 28 heavy (non-hydrogen) atoms. The summed E-state index contributed by atoms with van der Waals surface area (Å²) in [6, 6.07) is 4.11. The fraction of sp³-hybridized carbons (Fsp3) is 0.500. The Bertz CT molecular complexity index is 875. The van der Waals surface area contributed by atoms with Crippen molar-refractivity contribution >= 4 is 17.5 Å². The molecule has 2 heterocycles. The van der Waals surface area contributed by atoms with Gasteiger partial charge >= 0.3 is 0 Å². The van der Waals surface area contributed by atoms with Crippen LogP contribution < -0.4 is 10.6 Å². The van der Waals surface area contributed by atoms with Crippen LogP contribution in [0.15, 0.2) is 12.1 Å². The van der Waals surface area contributed by atoms with Crippen LogP contribution in [0.3, 0.4) is 0 Å². The summed E-state index contributed by atoms with van der Waals surface area (Å²) in [6.07, 6.45) is 4.71. The molecule has 0 saturated heterocycles. The molecule has 6 heteroatoms. The molecule has 1 aliphatic rings. The van der Waals surface area contributed by atoms with Gasteiger partial charge in [-0.3, -0.25) is 9.59 Å². The van der Waals surface area contributed by atoms with E-state index in [2.05, 4.69) is 34.7 Å². The Morgan fingerprint density at radius 1 is 1.11 bits per heavy atom. The maximum atomic E-state index is 13.1. The van der Waals surface area contributed by atoms with E-state index in [1.165, 1.54) is 5.56 Å². The number of carbonyl (C=O) groups excluding carboxylic acids is 2. The molecule has 0 aliphatic carbocycles. The third kappa shape index (κ3) is 4.11. The molecule has 150 valence electrons. The van der Waals surface area contributed by atoms with Crippen molar-refractivity contribution in [3.05, 3.63) is 46.0 Å². The Hall–Kier alpha value is -2.63. The van der Waals surface area contributed by atoms with Crippen molar-refractivity contribution in [2.45, 2.75) is 66.3 Å². The Labute approximate surface area is 166 Å². The van der Waals surface area contributed by atoms with Gasteiger partial charge in [-0.15, -0.1) is 0 Å². The van der Waals surface area contributed by atoms with E-state index < -0.39 is 0 Å². The molecule has 0 saturated carbocycles. The highest BCUT2D eigenvalue weighted by atomic mass is 16.2. The minimum Gasteiger partial charge on any atom is -0.349 e. The summed E-state index contributed by atoms with van der Waals surface area (Å²) >= 11 is 0. The minimum atomic E-state index is -0.242. The number of aryl methyl sites for hydroxylation is 3. The van der Waals surface area contributed by atoms with Crippen LogP contribution >= 0.6 is 0 Å². The van der Waals surface area contributed by atoms with Gasteiger partial charge in [0.05, 0.1) is 5.69 Å². The van der Waals surface area contributed by atoms with Crippen molar-refractivity contribution in [1.29, 1.82) is 0 Å². The standard InChI is InChI=1S/C22H30N4O2/c1-5-6-10-23-22(28)20-24-19(17-9-7-8-11-26(17)20)21(27)25-18-15(3)12-14(2)13-16(18)4/h12-13H,5-11H2,1-4H3,(H,23,28)(H,25,27). The summed E-state index contributed by atoms with van der Waals surface area (Å²) in [5.41, 5.74) is 5.28. The predicted molar refractivity (Wildman–Crippen MR) is 111 cm³/mol. The zero-order valence-corrected chi connectivity index (χ0v) is 17.3. The summed E-state index contributed by atoms with van der Waals surface area (Å²) in [5, 5.41) is 5.95. The third-order valence-electron chi connectivity index (χ3n) is 5.27. The first-order valence-electron chi connectivity index (χ1n) is 10.2. The second kappa shape index (κ2) is 8.59. The number of imidazole rings is 1. The van der Waals surface area contributed by atoms with Gasteiger partial charge in [-0.2, -0.15) is 0 Å². The molecule has 1 aromatic heterocycles. The van der Waals surface area contributed by atoms with Crippen LogP contribution in [-0.4, -0.2) is 27.9 Å². The molecule has 3 rings (SSSR count). The van der Waals surface area contributed by atoms with Crippen LogP contribution in [0.5, 0.6) is 0 Å². The number of carbonyl (C=O) groups is 2. The average molecular weight is 383 g/mol. The lowest BCUT2D eigenvalue weighted by atomic mass is 10.0. The molecular weight excluding hydrogens is 352 g/mol. The van der Waals surface area contributed by atoms with Crippen LogP contribution in [0.4, 0.5) is 5.69 Å². The first kappa shape index (κ1) is 20.1. The number of fused-ring (bicyclic) bond motifs is 1. The number of unbranched alkanes of at least 4 members (excludes halogenated alkanes) is 1. The maximum Gasteiger partial charge on any atom is 0.287 e. The van der Waals surface area contributed by atoms with Crippen molar-refractivity contribution in [3.63, 3.8) is 0 Å². The molecule has 0 bridgehead atoms. The number of aromatic nitrogens is 2. The van der Waals surface area contributed by atoms with Crippen molar-refractivity contribution in [2.24, 2.45) is 0 Å². The SMILES string of the molecule is CCCCNC(=O)c1nc(C(=O)Nc2c(C)cc(C)cc2C)c2n1CCCC2. The zero-order valence-electron chi connectivity index (χ0n) is 17.3. The number of nitrogens with one attached hydrogen (secondary N) is 2. The number of hydrogen-bond acceptors (Lipinski definition) is 3.